The first-order chi connectivity index (χ1) is 15.8. The number of carbonyl (C=O) groups excluding carboxylic acids is 1. The van der Waals surface area contributed by atoms with Gasteiger partial charge in [0.1, 0.15) is 11.6 Å². The molecule has 2 unspecified atom stereocenters. The Hall–Kier alpha value is -3.53. The molecule has 1 aliphatic rings. The van der Waals surface area contributed by atoms with Crippen LogP contribution >= 0.6 is 0 Å². The number of carbonyl (C=O) groups is 1. The van der Waals surface area contributed by atoms with Crippen LogP contribution in [0.25, 0.3) is 0 Å². The maximum absolute atomic E-state index is 14.6. The third-order valence-corrected chi connectivity index (χ3v) is 5.61. The van der Waals surface area contributed by atoms with E-state index < -0.39 is 17.9 Å². The van der Waals surface area contributed by atoms with Crippen molar-refractivity contribution < 1.29 is 22.7 Å². The molecular weight excluding hydrogens is 435 g/mol. The van der Waals surface area contributed by atoms with Gasteiger partial charge in [-0.05, 0) is 48.9 Å². The number of nitrogens with zero attached hydrogens (tertiary/aromatic N) is 4. The third-order valence-electron chi connectivity index (χ3n) is 5.61. The Morgan fingerprint density at radius 2 is 1.88 bits per heavy atom. The summed E-state index contributed by atoms with van der Waals surface area (Å²) in [7, 11) is 0. The second-order valence-electron chi connectivity index (χ2n) is 7.80. The highest BCUT2D eigenvalue weighted by Crippen LogP contribution is 2.40. The molecule has 1 amide bonds. The van der Waals surface area contributed by atoms with Crippen molar-refractivity contribution in [2.45, 2.75) is 31.2 Å². The van der Waals surface area contributed by atoms with Gasteiger partial charge in [-0.25, -0.2) is 23.1 Å². The van der Waals surface area contributed by atoms with Gasteiger partial charge in [0.2, 0.25) is 11.8 Å². The van der Waals surface area contributed by atoms with Crippen LogP contribution in [0.3, 0.4) is 0 Å². The summed E-state index contributed by atoms with van der Waals surface area (Å²) in [5.74, 6) is -3.88. The molecule has 2 atom stereocenters. The molecule has 0 radical (unpaired) electrons. The van der Waals surface area contributed by atoms with Crippen molar-refractivity contribution in [1.29, 1.82) is 0 Å². The van der Waals surface area contributed by atoms with Gasteiger partial charge >= 0.3 is 0 Å². The predicted molar refractivity (Wildman–Crippen MR) is 115 cm³/mol. The van der Waals surface area contributed by atoms with E-state index in [1.165, 1.54) is 49.1 Å². The lowest BCUT2D eigenvalue weighted by Crippen LogP contribution is -2.52. The van der Waals surface area contributed by atoms with E-state index in [2.05, 4.69) is 20.3 Å². The lowest BCUT2D eigenvalue weighted by Gasteiger charge is -2.40. The van der Waals surface area contributed by atoms with E-state index in [1.807, 2.05) is 0 Å². The van der Waals surface area contributed by atoms with Crippen LogP contribution < -0.4 is 10.1 Å². The molecule has 0 spiro atoms. The summed E-state index contributed by atoms with van der Waals surface area (Å²) in [6.07, 6.45) is 5.29. The maximum Gasteiger partial charge on any atom is 0.257 e. The highest BCUT2D eigenvalue weighted by Gasteiger charge is 2.46. The van der Waals surface area contributed by atoms with Crippen LogP contribution in [-0.4, -0.2) is 50.8 Å². The maximum atomic E-state index is 14.6. The molecule has 4 rings (SSSR count). The summed E-state index contributed by atoms with van der Waals surface area (Å²) in [4.78, 5) is 26.6. The van der Waals surface area contributed by atoms with Crippen LogP contribution in [0.4, 0.5) is 19.0 Å². The summed E-state index contributed by atoms with van der Waals surface area (Å²) in [6.45, 7) is 1.81. The highest BCUT2D eigenvalue weighted by atomic mass is 19.3. The summed E-state index contributed by atoms with van der Waals surface area (Å²) < 4.78 is 47.6. The average Bonchev–Trinajstić information content (AvgIpc) is 2.82. The molecule has 3 heterocycles. The number of halogens is 3. The number of anilines is 1. The molecule has 1 aromatic carbocycles. The van der Waals surface area contributed by atoms with Crippen LogP contribution in [0, 0.1) is 5.82 Å². The largest absolute Gasteiger partial charge is 0.438 e. The first kappa shape index (κ1) is 22.7. The third kappa shape index (κ3) is 5.46. The van der Waals surface area contributed by atoms with Gasteiger partial charge in [-0.2, -0.15) is 0 Å². The van der Waals surface area contributed by atoms with E-state index in [-0.39, 0.29) is 42.9 Å². The van der Waals surface area contributed by atoms with Gasteiger partial charge in [0.05, 0.1) is 24.4 Å². The van der Waals surface area contributed by atoms with Crippen molar-refractivity contribution in [2.24, 2.45) is 0 Å². The van der Waals surface area contributed by atoms with Crippen molar-refractivity contribution in [3.8, 4) is 11.6 Å². The van der Waals surface area contributed by atoms with Gasteiger partial charge in [0.25, 0.3) is 5.92 Å². The molecule has 1 N–H and O–H groups in total. The molecular formula is C23H22F3N5O2. The zero-order valence-electron chi connectivity index (χ0n) is 17.8. The number of benzene rings is 1. The first-order valence-electron chi connectivity index (χ1n) is 10.4. The smallest absolute Gasteiger partial charge is 0.257 e. The fourth-order valence-corrected chi connectivity index (χ4v) is 3.68. The SMILES string of the molecule is CC(C(=O)Nc1cnc(Oc2ccc(F)cc2)cn1)N1CCC(F)(F)C(c2ccncc2)C1. The number of alkyl halides is 2. The molecule has 2 aromatic heterocycles. The van der Waals surface area contributed by atoms with Crippen LogP contribution in [0.1, 0.15) is 24.8 Å². The minimum atomic E-state index is -2.86. The summed E-state index contributed by atoms with van der Waals surface area (Å²) in [5.41, 5.74) is 0.495. The minimum absolute atomic E-state index is 0.0434. The van der Waals surface area contributed by atoms with E-state index in [0.29, 0.717) is 11.3 Å². The number of likely N-dealkylation sites (tertiary alicyclic amines) is 1. The highest BCUT2D eigenvalue weighted by molar-refractivity contribution is 5.93. The number of ether oxygens (including phenoxy) is 1. The Balaban J connectivity index is 1.37. The van der Waals surface area contributed by atoms with Gasteiger partial charge in [-0.15, -0.1) is 0 Å². The van der Waals surface area contributed by atoms with Crippen LogP contribution in [-0.2, 0) is 4.79 Å². The quantitative estimate of drug-likeness (QED) is 0.596. The Morgan fingerprint density at radius 3 is 2.55 bits per heavy atom. The van der Waals surface area contributed by atoms with Crippen molar-refractivity contribution in [3.05, 3.63) is 72.6 Å². The van der Waals surface area contributed by atoms with E-state index in [1.54, 1.807) is 24.0 Å². The number of aromatic nitrogens is 3. The van der Waals surface area contributed by atoms with Gasteiger partial charge in [-0.1, -0.05) is 0 Å². The Kier molecular flexibility index (Phi) is 6.55. The predicted octanol–water partition coefficient (Wildman–Crippen LogP) is 4.25. The zero-order chi connectivity index (χ0) is 23.4. The number of nitrogens with one attached hydrogen (secondary N) is 1. The van der Waals surface area contributed by atoms with Crippen LogP contribution in [0.15, 0.2) is 61.2 Å². The molecule has 10 heteroatoms. The number of amides is 1. The molecule has 1 saturated heterocycles. The second-order valence-corrected chi connectivity index (χ2v) is 7.80. The number of pyridine rings is 1. The van der Waals surface area contributed by atoms with Gasteiger partial charge in [0.15, 0.2) is 5.82 Å². The number of hydrogen-bond donors (Lipinski definition) is 1. The monoisotopic (exact) mass is 457 g/mol. The van der Waals surface area contributed by atoms with Crippen molar-refractivity contribution in [3.63, 3.8) is 0 Å². The lowest BCUT2D eigenvalue weighted by atomic mass is 9.87. The van der Waals surface area contributed by atoms with E-state index in [0.717, 1.165) is 0 Å². The van der Waals surface area contributed by atoms with Crippen LogP contribution in [0.2, 0.25) is 0 Å². The van der Waals surface area contributed by atoms with Gasteiger partial charge < -0.3 is 10.1 Å². The molecule has 172 valence electrons. The molecule has 1 aliphatic heterocycles. The average molecular weight is 457 g/mol. The summed E-state index contributed by atoms with van der Waals surface area (Å²) in [5, 5.41) is 2.66. The number of rotatable bonds is 6. The fraction of sp³-hybridized carbons (Fsp3) is 0.304. The van der Waals surface area contributed by atoms with Crippen LogP contribution in [0.5, 0.6) is 11.6 Å². The molecule has 33 heavy (non-hydrogen) atoms. The Labute approximate surface area is 188 Å². The van der Waals surface area contributed by atoms with Crippen molar-refractivity contribution in [2.75, 3.05) is 18.4 Å². The van der Waals surface area contributed by atoms with Gasteiger partial charge in [-0.3, -0.25) is 14.7 Å². The van der Waals surface area contributed by atoms with E-state index in [9.17, 15) is 18.0 Å². The van der Waals surface area contributed by atoms with Gasteiger partial charge in [0, 0.05) is 31.9 Å². The second kappa shape index (κ2) is 9.53. The van der Waals surface area contributed by atoms with Crippen molar-refractivity contribution >= 4 is 11.7 Å². The standard InChI is InChI=1S/C23H22F3N5O2/c1-15(31-11-8-23(25,26)19(14-31)16-6-9-27-10-7-16)22(32)30-20-12-29-21(13-28-20)33-18-4-2-17(24)3-5-18/h2-7,9-10,12-13,15,19H,8,11,14H2,1H3,(H,28,30,32). The minimum Gasteiger partial charge on any atom is -0.438 e. The molecule has 0 aliphatic carbocycles. The topological polar surface area (TPSA) is 80.2 Å². The molecule has 3 aromatic rings. The summed E-state index contributed by atoms with van der Waals surface area (Å²) in [6, 6.07) is 7.94. The van der Waals surface area contributed by atoms with E-state index >= 15 is 0 Å². The Bertz CT molecular complexity index is 1080. The molecule has 0 saturated carbocycles. The molecule has 0 bridgehead atoms. The fourth-order valence-electron chi connectivity index (χ4n) is 3.68. The van der Waals surface area contributed by atoms with Crippen molar-refractivity contribution in [1.82, 2.24) is 19.9 Å². The number of piperidine rings is 1. The molecule has 7 nitrogen and oxygen atoms in total. The summed E-state index contributed by atoms with van der Waals surface area (Å²) >= 11 is 0. The van der Waals surface area contributed by atoms with E-state index in [4.69, 9.17) is 4.74 Å². The number of hydrogen-bond acceptors (Lipinski definition) is 6. The normalized spacial score (nSPS) is 19.0. The molecule has 1 fully saturated rings. The zero-order valence-corrected chi connectivity index (χ0v) is 17.8. The Morgan fingerprint density at radius 1 is 1.15 bits per heavy atom. The lowest BCUT2D eigenvalue weighted by molar-refractivity contribution is -0.125. The first-order valence-corrected chi connectivity index (χ1v) is 10.4.